The number of benzene rings is 1. The van der Waals surface area contributed by atoms with Gasteiger partial charge in [0.2, 0.25) is 0 Å². The number of nitrogens with zero attached hydrogens (tertiary/aromatic N) is 1. The summed E-state index contributed by atoms with van der Waals surface area (Å²) in [6.45, 7) is 1.62. The SMILES string of the molecule is COc1ccc(NC(=O)c2cccn2CC(=O)O)cc1C. The molecule has 0 radical (unpaired) electrons. The van der Waals surface area contributed by atoms with Gasteiger partial charge in [-0.25, -0.2) is 0 Å². The Labute approximate surface area is 122 Å². The molecule has 6 nitrogen and oxygen atoms in total. The second kappa shape index (κ2) is 6.13. The fourth-order valence-electron chi connectivity index (χ4n) is 2.06. The molecule has 0 spiro atoms. The van der Waals surface area contributed by atoms with Gasteiger partial charge in [-0.05, 0) is 42.8 Å². The third-order valence-corrected chi connectivity index (χ3v) is 3.02. The fraction of sp³-hybridized carbons (Fsp3) is 0.200. The molecule has 0 atom stereocenters. The largest absolute Gasteiger partial charge is 0.496 e. The third kappa shape index (κ3) is 3.42. The van der Waals surface area contributed by atoms with E-state index in [4.69, 9.17) is 9.84 Å². The Kier molecular flexibility index (Phi) is 4.27. The van der Waals surface area contributed by atoms with Gasteiger partial charge < -0.3 is 19.7 Å². The van der Waals surface area contributed by atoms with Crippen LogP contribution in [0.5, 0.6) is 5.75 Å². The van der Waals surface area contributed by atoms with Crippen molar-refractivity contribution < 1.29 is 19.4 Å². The molecule has 1 heterocycles. The first-order chi connectivity index (χ1) is 10.0. The van der Waals surface area contributed by atoms with Gasteiger partial charge in [0.1, 0.15) is 18.0 Å². The van der Waals surface area contributed by atoms with Crippen molar-refractivity contribution in [1.82, 2.24) is 4.57 Å². The summed E-state index contributed by atoms with van der Waals surface area (Å²) in [5, 5.41) is 11.6. The van der Waals surface area contributed by atoms with E-state index in [1.165, 1.54) is 4.57 Å². The van der Waals surface area contributed by atoms with Crippen LogP contribution in [0.4, 0.5) is 5.69 Å². The van der Waals surface area contributed by atoms with E-state index in [0.29, 0.717) is 11.4 Å². The lowest BCUT2D eigenvalue weighted by atomic mass is 10.2. The van der Waals surface area contributed by atoms with Crippen molar-refractivity contribution in [2.75, 3.05) is 12.4 Å². The lowest BCUT2D eigenvalue weighted by Gasteiger charge is -2.10. The molecule has 0 aliphatic rings. The Morgan fingerprint density at radius 2 is 2.10 bits per heavy atom. The predicted molar refractivity (Wildman–Crippen MR) is 77.8 cm³/mol. The Morgan fingerprint density at radius 1 is 1.33 bits per heavy atom. The molecule has 2 rings (SSSR count). The van der Waals surface area contributed by atoms with Gasteiger partial charge in [-0.2, -0.15) is 0 Å². The summed E-state index contributed by atoms with van der Waals surface area (Å²) in [5.41, 5.74) is 1.82. The maximum absolute atomic E-state index is 12.2. The lowest BCUT2D eigenvalue weighted by Crippen LogP contribution is -2.19. The molecular weight excluding hydrogens is 272 g/mol. The molecule has 0 bridgehead atoms. The highest BCUT2D eigenvalue weighted by atomic mass is 16.5. The average Bonchev–Trinajstić information content (AvgIpc) is 2.86. The molecule has 0 fully saturated rings. The zero-order valence-electron chi connectivity index (χ0n) is 11.8. The number of aryl methyl sites for hydroxylation is 1. The van der Waals surface area contributed by atoms with Crippen LogP contribution in [-0.4, -0.2) is 28.7 Å². The van der Waals surface area contributed by atoms with E-state index in [2.05, 4.69) is 5.32 Å². The van der Waals surface area contributed by atoms with Crippen molar-refractivity contribution in [2.45, 2.75) is 13.5 Å². The van der Waals surface area contributed by atoms with Gasteiger partial charge in [0, 0.05) is 11.9 Å². The van der Waals surface area contributed by atoms with Gasteiger partial charge in [-0.1, -0.05) is 0 Å². The lowest BCUT2D eigenvalue weighted by molar-refractivity contribution is -0.137. The normalized spacial score (nSPS) is 10.2. The van der Waals surface area contributed by atoms with Crippen LogP contribution in [0.1, 0.15) is 16.1 Å². The molecule has 0 saturated carbocycles. The van der Waals surface area contributed by atoms with Gasteiger partial charge in [-0.3, -0.25) is 9.59 Å². The van der Waals surface area contributed by atoms with Gasteiger partial charge in [-0.15, -0.1) is 0 Å². The van der Waals surface area contributed by atoms with Crippen LogP contribution >= 0.6 is 0 Å². The maximum atomic E-state index is 12.2. The minimum absolute atomic E-state index is 0.253. The summed E-state index contributed by atoms with van der Waals surface area (Å²) in [7, 11) is 1.58. The number of carbonyl (C=O) groups is 2. The van der Waals surface area contributed by atoms with Gasteiger partial charge in [0.25, 0.3) is 5.91 Å². The first-order valence-electron chi connectivity index (χ1n) is 6.34. The van der Waals surface area contributed by atoms with E-state index in [1.54, 1.807) is 43.6 Å². The van der Waals surface area contributed by atoms with Crippen LogP contribution in [0.25, 0.3) is 0 Å². The molecule has 6 heteroatoms. The second-order valence-electron chi connectivity index (χ2n) is 4.55. The minimum Gasteiger partial charge on any atom is -0.496 e. The number of aliphatic carboxylic acids is 1. The number of rotatable bonds is 5. The third-order valence-electron chi connectivity index (χ3n) is 3.02. The Balaban J connectivity index is 2.16. The van der Waals surface area contributed by atoms with Gasteiger partial charge in [0.05, 0.1) is 7.11 Å². The van der Waals surface area contributed by atoms with Gasteiger partial charge >= 0.3 is 5.97 Å². The quantitative estimate of drug-likeness (QED) is 0.883. The summed E-state index contributed by atoms with van der Waals surface area (Å²) >= 11 is 0. The molecule has 0 aliphatic heterocycles. The molecule has 2 aromatic rings. The maximum Gasteiger partial charge on any atom is 0.323 e. The van der Waals surface area contributed by atoms with Crippen molar-refractivity contribution in [1.29, 1.82) is 0 Å². The van der Waals surface area contributed by atoms with Crippen molar-refractivity contribution in [3.63, 3.8) is 0 Å². The number of carboxylic acids is 1. The zero-order chi connectivity index (χ0) is 15.4. The monoisotopic (exact) mass is 288 g/mol. The number of hydrogen-bond donors (Lipinski definition) is 2. The predicted octanol–water partition coefficient (Wildman–Crippen LogP) is 2.14. The molecule has 110 valence electrons. The van der Waals surface area contributed by atoms with Crippen LogP contribution in [0.3, 0.4) is 0 Å². The number of carboxylic acid groups (broad SMARTS) is 1. The smallest absolute Gasteiger partial charge is 0.323 e. The van der Waals surface area contributed by atoms with Crippen molar-refractivity contribution in [3.8, 4) is 5.75 Å². The number of aromatic nitrogens is 1. The number of ether oxygens (including phenoxy) is 1. The first-order valence-corrected chi connectivity index (χ1v) is 6.34. The van der Waals surface area contributed by atoms with Crippen LogP contribution < -0.4 is 10.1 Å². The Hall–Kier alpha value is -2.76. The Morgan fingerprint density at radius 3 is 2.71 bits per heavy atom. The Bertz CT molecular complexity index is 676. The van der Waals surface area contributed by atoms with Crippen LogP contribution in [0.15, 0.2) is 36.5 Å². The van der Waals surface area contributed by atoms with E-state index in [-0.39, 0.29) is 12.5 Å². The fourth-order valence-corrected chi connectivity index (χ4v) is 2.06. The summed E-state index contributed by atoms with van der Waals surface area (Å²) in [4.78, 5) is 22.9. The van der Waals surface area contributed by atoms with Crippen LogP contribution in [0, 0.1) is 6.92 Å². The molecule has 0 aliphatic carbocycles. The molecular formula is C15H16N2O4. The number of carbonyl (C=O) groups excluding carboxylic acids is 1. The number of amides is 1. The number of anilines is 1. The average molecular weight is 288 g/mol. The van der Waals surface area contributed by atoms with E-state index in [1.807, 2.05) is 6.92 Å². The highest BCUT2D eigenvalue weighted by Crippen LogP contribution is 2.21. The zero-order valence-corrected chi connectivity index (χ0v) is 11.8. The molecule has 1 aromatic heterocycles. The van der Waals surface area contributed by atoms with Crippen LogP contribution in [0.2, 0.25) is 0 Å². The summed E-state index contributed by atoms with van der Waals surface area (Å²) in [6, 6.07) is 8.50. The highest BCUT2D eigenvalue weighted by Gasteiger charge is 2.13. The molecule has 21 heavy (non-hydrogen) atoms. The second-order valence-corrected chi connectivity index (χ2v) is 4.55. The van der Waals surface area contributed by atoms with E-state index in [9.17, 15) is 9.59 Å². The van der Waals surface area contributed by atoms with Crippen molar-refractivity contribution in [2.24, 2.45) is 0 Å². The van der Waals surface area contributed by atoms with Crippen molar-refractivity contribution >= 4 is 17.6 Å². The minimum atomic E-state index is -0.999. The molecule has 1 amide bonds. The molecule has 0 unspecified atom stereocenters. The number of methoxy groups -OCH3 is 1. The summed E-state index contributed by atoms with van der Waals surface area (Å²) < 4.78 is 6.54. The number of hydrogen-bond acceptors (Lipinski definition) is 3. The molecule has 1 aromatic carbocycles. The summed E-state index contributed by atoms with van der Waals surface area (Å²) in [6.07, 6.45) is 1.56. The van der Waals surface area contributed by atoms with E-state index < -0.39 is 5.97 Å². The van der Waals surface area contributed by atoms with Gasteiger partial charge in [0.15, 0.2) is 0 Å². The highest BCUT2D eigenvalue weighted by molar-refractivity contribution is 6.03. The number of nitrogens with one attached hydrogen (secondary N) is 1. The molecule has 0 saturated heterocycles. The van der Waals surface area contributed by atoms with E-state index in [0.717, 1.165) is 11.3 Å². The summed E-state index contributed by atoms with van der Waals surface area (Å²) in [5.74, 6) is -0.617. The van der Waals surface area contributed by atoms with Crippen molar-refractivity contribution in [3.05, 3.63) is 47.8 Å². The first kappa shape index (κ1) is 14.6. The molecule has 2 N–H and O–H groups in total. The standard InChI is InChI=1S/C15H16N2O4/c1-10-8-11(5-6-13(10)21-2)16-15(20)12-4-3-7-17(12)9-14(18)19/h3-8H,9H2,1-2H3,(H,16,20)(H,18,19). The topological polar surface area (TPSA) is 80.6 Å². The van der Waals surface area contributed by atoms with E-state index >= 15 is 0 Å². The van der Waals surface area contributed by atoms with Crippen LogP contribution in [-0.2, 0) is 11.3 Å².